The van der Waals surface area contributed by atoms with E-state index in [4.69, 9.17) is 5.73 Å². The van der Waals surface area contributed by atoms with Crippen molar-refractivity contribution in [3.05, 3.63) is 0 Å². The first-order valence-electron chi connectivity index (χ1n) is 2.02. The largest absolute Gasteiger partial charge is 0.443 e. The Bertz CT molecular complexity index is 32.7. The molecule has 0 saturated heterocycles. The zero-order valence-corrected chi connectivity index (χ0v) is 4.27. The monoisotopic (exact) mass is 85.1 g/mol. The summed E-state index contributed by atoms with van der Waals surface area (Å²) in [5.74, 6) is 0.176. The van der Waals surface area contributed by atoms with Gasteiger partial charge in [0.2, 0.25) is 0 Å². The second kappa shape index (κ2) is 3.25. The van der Waals surface area contributed by atoms with E-state index in [-0.39, 0.29) is 5.94 Å². The molecule has 2 N–H and O–H groups in total. The maximum Gasteiger partial charge on any atom is 0.257 e. The van der Waals surface area contributed by atoms with Gasteiger partial charge in [-0.3, -0.25) is 0 Å². The first-order valence-corrected chi connectivity index (χ1v) is 2.02. The van der Waals surface area contributed by atoms with E-state index in [9.17, 15) is 0 Å². The maximum atomic E-state index is 5.28. The Morgan fingerprint density at radius 2 is 2.33 bits per heavy atom. The highest BCUT2D eigenvalue weighted by atomic mass is 16.4. The normalized spacial score (nSPS) is 14.2. The van der Waals surface area contributed by atoms with Gasteiger partial charge in [-0.15, -0.1) is 0 Å². The average molecular weight is 84.7 g/mol. The lowest BCUT2D eigenvalue weighted by molar-refractivity contribution is 0.348. The fourth-order valence-corrected chi connectivity index (χ4v) is 0.263. The Morgan fingerprint density at radius 1 is 1.83 bits per heavy atom. The Labute approximate surface area is 39.9 Å². The van der Waals surface area contributed by atoms with Crippen molar-refractivity contribution in [3.8, 4) is 0 Å². The van der Waals surface area contributed by atoms with Crippen LogP contribution in [-0.2, 0) is 4.65 Å². The predicted molar refractivity (Wildman–Crippen MR) is 31.0 cm³/mol. The molecule has 0 saturated carbocycles. The number of hydrogen-bond donors (Lipinski definition) is 1. The van der Waals surface area contributed by atoms with Gasteiger partial charge in [0.15, 0.2) is 0 Å². The molecule has 0 aliphatic rings. The van der Waals surface area contributed by atoms with Crippen LogP contribution in [0.5, 0.6) is 0 Å². The lowest BCUT2D eigenvalue weighted by Gasteiger charge is -1.98. The van der Waals surface area contributed by atoms with Crippen LogP contribution in [0.3, 0.4) is 0 Å². The third-order valence-electron chi connectivity index (χ3n) is 0.430. The molecule has 4 heteroatoms. The van der Waals surface area contributed by atoms with Crippen molar-refractivity contribution < 1.29 is 4.65 Å². The Hall–Kier alpha value is 0.0499. The van der Waals surface area contributed by atoms with E-state index in [2.05, 4.69) is 4.65 Å². The fourth-order valence-electron chi connectivity index (χ4n) is 0.263. The summed E-state index contributed by atoms with van der Waals surface area (Å²) in [4.78, 5) is 0. The molecule has 0 fully saturated rings. The zero-order valence-electron chi connectivity index (χ0n) is 4.27. The standard InChI is InChI=1S/C2H9B2NO/c3-2(5)1-6-4/h2H,1,3-5H2. The van der Waals surface area contributed by atoms with Crippen molar-refractivity contribution in [1.29, 1.82) is 0 Å². The van der Waals surface area contributed by atoms with Gasteiger partial charge < -0.3 is 10.4 Å². The van der Waals surface area contributed by atoms with Crippen LogP contribution in [0.1, 0.15) is 0 Å². The lowest BCUT2D eigenvalue weighted by atomic mass is 9.99. The minimum Gasteiger partial charge on any atom is -0.443 e. The molecule has 6 heavy (non-hydrogen) atoms. The van der Waals surface area contributed by atoms with E-state index in [0.717, 1.165) is 0 Å². The summed E-state index contributed by atoms with van der Waals surface area (Å²) >= 11 is 0. The van der Waals surface area contributed by atoms with Gasteiger partial charge in [-0.05, 0) is 5.94 Å². The second-order valence-corrected chi connectivity index (χ2v) is 1.43. The Morgan fingerprint density at radius 3 is 2.33 bits per heavy atom. The van der Waals surface area contributed by atoms with Crippen LogP contribution in [0.2, 0.25) is 0 Å². The smallest absolute Gasteiger partial charge is 0.257 e. The zero-order chi connectivity index (χ0) is 4.99. The van der Waals surface area contributed by atoms with Crippen molar-refractivity contribution >= 4 is 15.9 Å². The molecule has 0 aromatic carbocycles. The molecule has 0 radical (unpaired) electrons. The molecule has 0 bridgehead atoms. The van der Waals surface area contributed by atoms with E-state index in [1.54, 1.807) is 8.05 Å². The van der Waals surface area contributed by atoms with Crippen LogP contribution < -0.4 is 5.73 Å². The quantitative estimate of drug-likeness (QED) is 0.375. The Kier molecular flexibility index (Phi) is 3.27. The van der Waals surface area contributed by atoms with Gasteiger partial charge in [0, 0.05) is 6.61 Å². The van der Waals surface area contributed by atoms with E-state index < -0.39 is 0 Å². The maximum absolute atomic E-state index is 5.28. The highest BCUT2D eigenvalue weighted by molar-refractivity contribution is 6.11. The molecular formula is C2H9B2NO. The van der Waals surface area contributed by atoms with E-state index in [1.165, 1.54) is 0 Å². The van der Waals surface area contributed by atoms with E-state index in [1.807, 2.05) is 7.85 Å². The molecule has 2 nitrogen and oxygen atoms in total. The third-order valence-corrected chi connectivity index (χ3v) is 0.430. The summed E-state index contributed by atoms with van der Waals surface area (Å²) in [5, 5.41) is 0. The molecule has 0 heterocycles. The summed E-state index contributed by atoms with van der Waals surface area (Å²) in [6, 6.07) is 0. The van der Waals surface area contributed by atoms with Crippen LogP contribution in [0.25, 0.3) is 0 Å². The number of hydrogen-bond acceptors (Lipinski definition) is 2. The summed E-state index contributed by atoms with van der Waals surface area (Å²) in [6.07, 6.45) is 0. The minimum absolute atomic E-state index is 0.176. The topological polar surface area (TPSA) is 35.2 Å². The van der Waals surface area contributed by atoms with Crippen molar-refractivity contribution in [2.24, 2.45) is 5.73 Å². The molecule has 0 aromatic heterocycles. The van der Waals surface area contributed by atoms with Gasteiger partial charge in [-0.25, -0.2) is 0 Å². The van der Waals surface area contributed by atoms with Crippen LogP contribution in [0, 0.1) is 0 Å². The van der Waals surface area contributed by atoms with Crippen LogP contribution in [-0.4, -0.2) is 28.4 Å². The molecule has 1 atom stereocenters. The molecule has 0 rings (SSSR count). The fraction of sp³-hybridized carbons (Fsp3) is 1.00. The molecule has 0 spiro atoms. The lowest BCUT2D eigenvalue weighted by Crippen LogP contribution is -2.25. The first kappa shape index (κ1) is 6.05. The summed E-state index contributed by atoms with van der Waals surface area (Å²) in [7, 11) is 3.55. The average Bonchev–Trinajstić information content (AvgIpc) is 1.35. The molecular weight excluding hydrogens is 75.7 g/mol. The van der Waals surface area contributed by atoms with Crippen LogP contribution >= 0.6 is 0 Å². The first-order chi connectivity index (χ1) is 2.77. The molecule has 0 aromatic rings. The molecule has 1 unspecified atom stereocenters. The van der Waals surface area contributed by atoms with Crippen molar-refractivity contribution in [2.75, 3.05) is 6.61 Å². The van der Waals surface area contributed by atoms with E-state index >= 15 is 0 Å². The molecule has 34 valence electrons. The van der Waals surface area contributed by atoms with Gasteiger partial charge in [-0.1, -0.05) is 0 Å². The highest BCUT2D eigenvalue weighted by Crippen LogP contribution is 1.64. The predicted octanol–water partition coefficient (Wildman–Crippen LogP) is -2.53. The van der Waals surface area contributed by atoms with Crippen molar-refractivity contribution in [3.63, 3.8) is 0 Å². The van der Waals surface area contributed by atoms with Crippen LogP contribution in [0.15, 0.2) is 0 Å². The molecule has 0 amide bonds. The number of rotatable bonds is 2. The minimum atomic E-state index is 0.176. The number of nitrogens with two attached hydrogens (primary N) is 1. The third kappa shape index (κ3) is 4.05. The van der Waals surface area contributed by atoms with Gasteiger partial charge in [0.1, 0.15) is 7.85 Å². The summed E-state index contributed by atoms with van der Waals surface area (Å²) in [6.45, 7) is 0.653. The Balaban J connectivity index is 2.63. The molecule has 0 aliphatic carbocycles. The van der Waals surface area contributed by atoms with Gasteiger partial charge in [0.05, 0.1) is 0 Å². The second-order valence-electron chi connectivity index (χ2n) is 1.43. The molecule has 0 aliphatic heterocycles. The van der Waals surface area contributed by atoms with Gasteiger partial charge in [-0.2, -0.15) is 0 Å². The summed E-state index contributed by atoms with van der Waals surface area (Å²) in [5.41, 5.74) is 5.28. The van der Waals surface area contributed by atoms with Crippen molar-refractivity contribution in [2.45, 2.75) is 5.94 Å². The van der Waals surface area contributed by atoms with Gasteiger partial charge in [0.25, 0.3) is 8.05 Å². The van der Waals surface area contributed by atoms with Gasteiger partial charge >= 0.3 is 0 Å². The van der Waals surface area contributed by atoms with Crippen molar-refractivity contribution in [1.82, 2.24) is 0 Å². The van der Waals surface area contributed by atoms with E-state index in [0.29, 0.717) is 6.61 Å². The van der Waals surface area contributed by atoms with Crippen LogP contribution in [0.4, 0.5) is 0 Å². The summed E-state index contributed by atoms with van der Waals surface area (Å²) < 4.78 is 4.68. The highest BCUT2D eigenvalue weighted by Gasteiger charge is 1.85. The SMILES string of the molecule is BOCC(B)N.